The number of nitrogens with zero attached hydrogens (tertiary/aromatic N) is 3. The van der Waals surface area contributed by atoms with E-state index in [4.69, 9.17) is 0 Å². The largest absolute Gasteiger partial charge is 0.362 e. The van der Waals surface area contributed by atoms with Crippen molar-refractivity contribution in [2.24, 2.45) is 0 Å². The van der Waals surface area contributed by atoms with Crippen LogP contribution in [0.25, 0.3) is 10.6 Å². The molecule has 0 spiro atoms. The summed E-state index contributed by atoms with van der Waals surface area (Å²) in [6.45, 7) is 0. The Bertz CT molecular complexity index is 798. The summed E-state index contributed by atoms with van der Waals surface area (Å²) in [6, 6.07) is 11.2. The van der Waals surface area contributed by atoms with Crippen molar-refractivity contribution in [1.29, 1.82) is 0 Å². The normalized spacial score (nSPS) is 10.3. The van der Waals surface area contributed by atoms with Crippen molar-refractivity contribution in [2.75, 3.05) is 24.3 Å². The molecule has 0 aliphatic rings. The zero-order valence-electron chi connectivity index (χ0n) is 12.9. The highest BCUT2D eigenvalue weighted by Crippen LogP contribution is 2.24. The van der Waals surface area contributed by atoms with Crippen molar-refractivity contribution < 1.29 is 4.79 Å². The summed E-state index contributed by atoms with van der Waals surface area (Å²) in [4.78, 5) is 22.8. The number of anilines is 2. The molecule has 2 heterocycles. The van der Waals surface area contributed by atoms with Crippen LogP contribution in [0.3, 0.4) is 0 Å². The quantitative estimate of drug-likeness (QED) is 0.798. The number of nitrogens with one attached hydrogen (secondary N) is 1. The highest BCUT2D eigenvalue weighted by atomic mass is 32.1. The van der Waals surface area contributed by atoms with Crippen molar-refractivity contribution in [3.8, 4) is 10.6 Å². The fourth-order valence-corrected chi connectivity index (χ4v) is 2.84. The summed E-state index contributed by atoms with van der Waals surface area (Å²) in [5.41, 5.74) is 2.32. The summed E-state index contributed by atoms with van der Waals surface area (Å²) < 4.78 is 0. The van der Waals surface area contributed by atoms with Gasteiger partial charge in [-0.1, -0.05) is 0 Å². The van der Waals surface area contributed by atoms with Crippen molar-refractivity contribution in [3.63, 3.8) is 0 Å². The molecule has 23 heavy (non-hydrogen) atoms. The number of pyridine rings is 1. The van der Waals surface area contributed by atoms with Gasteiger partial charge in [0.05, 0.1) is 5.56 Å². The van der Waals surface area contributed by atoms with E-state index in [0.29, 0.717) is 11.4 Å². The molecule has 0 bridgehead atoms. The van der Waals surface area contributed by atoms with Crippen molar-refractivity contribution in [1.82, 2.24) is 9.97 Å². The maximum absolute atomic E-state index is 12.5. The predicted molar refractivity (Wildman–Crippen MR) is 94.1 cm³/mol. The lowest BCUT2D eigenvalue weighted by Crippen LogP contribution is -2.19. The fraction of sp³-hybridized carbons (Fsp3) is 0.118. The summed E-state index contributed by atoms with van der Waals surface area (Å²) in [7, 11) is 3.73. The van der Waals surface area contributed by atoms with Gasteiger partial charge in [0.1, 0.15) is 10.8 Å². The van der Waals surface area contributed by atoms with Gasteiger partial charge in [-0.2, -0.15) is 0 Å². The van der Waals surface area contributed by atoms with E-state index in [9.17, 15) is 4.79 Å². The van der Waals surface area contributed by atoms with Crippen molar-refractivity contribution in [2.45, 2.75) is 0 Å². The first kappa shape index (κ1) is 15.2. The molecule has 0 fully saturated rings. The molecule has 0 atom stereocenters. The molecule has 6 heteroatoms. The molecule has 3 rings (SSSR count). The highest BCUT2D eigenvalue weighted by molar-refractivity contribution is 7.13. The Balaban J connectivity index is 1.78. The van der Waals surface area contributed by atoms with Crippen LogP contribution in [0.15, 0.2) is 54.2 Å². The minimum Gasteiger partial charge on any atom is -0.362 e. The van der Waals surface area contributed by atoms with Crippen LogP contribution in [0.2, 0.25) is 0 Å². The molecule has 1 N–H and O–H groups in total. The number of amides is 1. The van der Waals surface area contributed by atoms with Crippen LogP contribution in [0, 0.1) is 0 Å². The lowest BCUT2D eigenvalue weighted by Gasteiger charge is -2.15. The lowest BCUT2D eigenvalue weighted by atomic mass is 10.2. The lowest BCUT2D eigenvalue weighted by molar-refractivity contribution is 0.102. The van der Waals surface area contributed by atoms with Gasteiger partial charge in [-0.3, -0.25) is 4.79 Å². The molecular formula is C17H16N4OS. The average molecular weight is 324 g/mol. The SMILES string of the molecule is CN(C)c1ncccc1C(=O)Nc1ccc(-c2nccs2)cc1. The number of rotatable bonds is 4. The molecular weight excluding hydrogens is 308 g/mol. The zero-order chi connectivity index (χ0) is 16.2. The third-order valence-corrected chi connectivity index (χ3v) is 4.10. The first-order valence-electron chi connectivity index (χ1n) is 7.09. The minimum atomic E-state index is -0.177. The van der Waals surface area contributed by atoms with E-state index in [1.54, 1.807) is 35.9 Å². The number of hydrogen-bond donors (Lipinski definition) is 1. The minimum absolute atomic E-state index is 0.177. The van der Waals surface area contributed by atoms with Crippen molar-refractivity contribution >= 4 is 28.7 Å². The number of carbonyl (C=O) groups is 1. The molecule has 0 saturated heterocycles. The first-order chi connectivity index (χ1) is 11.1. The molecule has 116 valence electrons. The van der Waals surface area contributed by atoms with Crippen molar-refractivity contribution in [3.05, 3.63) is 59.7 Å². The Morgan fingerprint density at radius 2 is 1.87 bits per heavy atom. The number of hydrogen-bond acceptors (Lipinski definition) is 5. The molecule has 1 amide bonds. The Hall–Kier alpha value is -2.73. The Morgan fingerprint density at radius 3 is 2.52 bits per heavy atom. The van der Waals surface area contributed by atoms with Gasteiger partial charge >= 0.3 is 0 Å². The first-order valence-corrected chi connectivity index (χ1v) is 7.97. The number of benzene rings is 1. The topological polar surface area (TPSA) is 58.1 Å². The Labute approximate surface area is 138 Å². The Morgan fingerprint density at radius 1 is 1.09 bits per heavy atom. The van der Waals surface area contributed by atoms with E-state index < -0.39 is 0 Å². The smallest absolute Gasteiger partial charge is 0.259 e. The predicted octanol–water partition coefficient (Wildman–Crippen LogP) is 3.52. The molecule has 0 unspecified atom stereocenters. The Kier molecular flexibility index (Phi) is 4.34. The second-order valence-corrected chi connectivity index (χ2v) is 6.03. The van der Waals surface area contributed by atoms with E-state index >= 15 is 0 Å². The van der Waals surface area contributed by atoms with Crippen LogP contribution in [-0.4, -0.2) is 30.0 Å². The molecule has 0 saturated carbocycles. The van der Waals surface area contributed by atoms with Crippen LogP contribution in [-0.2, 0) is 0 Å². The van der Waals surface area contributed by atoms with Gasteiger partial charge in [-0.25, -0.2) is 9.97 Å². The van der Waals surface area contributed by atoms with E-state index in [0.717, 1.165) is 16.3 Å². The summed E-state index contributed by atoms with van der Waals surface area (Å²) in [6.07, 6.45) is 3.45. The number of carbonyl (C=O) groups excluding carboxylic acids is 1. The molecule has 0 aliphatic carbocycles. The monoisotopic (exact) mass is 324 g/mol. The second kappa shape index (κ2) is 6.58. The molecule has 1 aromatic carbocycles. The van der Waals surface area contributed by atoms with Gasteiger partial charge in [0, 0.05) is 43.1 Å². The maximum atomic E-state index is 12.5. The summed E-state index contributed by atoms with van der Waals surface area (Å²) in [5.74, 6) is 0.466. The highest BCUT2D eigenvalue weighted by Gasteiger charge is 2.13. The van der Waals surface area contributed by atoms with Gasteiger partial charge in [0.2, 0.25) is 0 Å². The second-order valence-electron chi connectivity index (χ2n) is 5.14. The standard InChI is InChI=1S/C17H16N4OS/c1-21(2)15-14(4-3-9-18-15)16(22)20-13-7-5-12(6-8-13)17-19-10-11-23-17/h3-11H,1-2H3,(H,20,22). The van der Waals surface area contributed by atoms with E-state index in [1.165, 1.54) is 0 Å². The van der Waals surface area contributed by atoms with Crippen LogP contribution in [0.1, 0.15) is 10.4 Å². The van der Waals surface area contributed by atoms with Gasteiger partial charge in [-0.05, 0) is 36.4 Å². The van der Waals surface area contributed by atoms with Crippen LogP contribution < -0.4 is 10.2 Å². The fourth-order valence-electron chi connectivity index (χ4n) is 2.19. The zero-order valence-corrected chi connectivity index (χ0v) is 13.7. The van der Waals surface area contributed by atoms with E-state index in [-0.39, 0.29) is 5.91 Å². The molecule has 2 aromatic heterocycles. The molecule has 3 aromatic rings. The van der Waals surface area contributed by atoms with Crippen LogP contribution in [0.5, 0.6) is 0 Å². The summed E-state index contributed by atoms with van der Waals surface area (Å²) in [5, 5.41) is 5.81. The van der Waals surface area contributed by atoms with E-state index in [1.807, 2.05) is 48.6 Å². The van der Waals surface area contributed by atoms with Crippen LogP contribution in [0.4, 0.5) is 11.5 Å². The number of aromatic nitrogens is 2. The molecule has 0 radical (unpaired) electrons. The molecule has 5 nitrogen and oxygen atoms in total. The van der Waals surface area contributed by atoms with Gasteiger partial charge < -0.3 is 10.2 Å². The van der Waals surface area contributed by atoms with Gasteiger partial charge in [0.15, 0.2) is 0 Å². The van der Waals surface area contributed by atoms with Gasteiger partial charge in [0.25, 0.3) is 5.91 Å². The van der Waals surface area contributed by atoms with Crippen LogP contribution >= 0.6 is 11.3 Å². The number of thiazole rings is 1. The average Bonchev–Trinajstić information content (AvgIpc) is 3.10. The maximum Gasteiger partial charge on any atom is 0.259 e. The molecule has 0 aliphatic heterocycles. The van der Waals surface area contributed by atoms with Gasteiger partial charge in [-0.15, -0.1) is 11.3 Å². The third-order valence-electron chi connectivity index (χ3n) is 3.28. The van der Waals surface area contributed by atoms with E-state index in [2.05, 4.69) is 15.3 Å². The summed E-state index contributed by atoms with van der Waals surface area (Å²) >= 11 is 1.59. The third kappa shape index (κ3) is 3.37.